The fourth-order valence-electron chi connectivity index (χ4n) is 5.42. The molecule has 0 bridgehead atoms. The highest BCUT2D eigenvalue weighted by Gasteiger charge is 2.56. The van der Waals surface area contributed by atoms with Crippen LogP contribution in [0.25, 0.3) is 4.91 Å². The highest BCUT2D eigenvalue weighted by atomic mass is 32.2. The first-order valence-electron chi connectivity index (χ1n) is 16.4. The predicted octanol–water partition coefficient (Wildman–Crippen LogP) is 7.32. The molecule has 2 heterocycles. The molecule has 0 spiro atoms. The number of non-ortho nitro benzene ring substituents is 1. The van der Waals surface area contributed by atoms with Crippen molar-refractivity contribution < 1.29 is 42.7 Å². The molecule has 1 amide bonds. The number of ether oxygens (including phenoxy) is 4. The molecule has 5 rings (SSSR count). The molecule has 0 aliphatic carbocycles. The van der Waals surface area contributed by atoms with Gasteiger partial charge in [-0.1, -0.05) is 44.7 Å². The Hall–Kier alpha value is -4.66. The van der Waals surface area contributed by atoms with Crippen LogP contribution in [0.15, 0.2) is 72.4 Å². The van der Waals surface area contributed by atoms with E-state index < -0.39 is 25.2 Å². The van der Waals surface area contributed by atoms with Crippen LogP contribution in [-0.2, 0) is 36.7 Å². The first-order chi connectivity index (χ1) is 24.1. The number of nitro benzene ring substituents is 1. The van der Waals surface area contributed by atoms with Crippen molar-refractivity contribution in [3.05, 3.63) is 105 Å². The Morgan fingerprint density at radius 1 is 0.941 bits per heavy atom. The number of hydrogen-bond acceptors (Lipinski definition) is 11. The van der Waals surface area contributed by atoms with Gasteiger partial charge in [0.05, 0.1) is 36.0 Å². The second kappa shape index (κ2) is 15.3. The lowest BCUT2D eigenvalue weighted by atomic mass is 9.94. The maximum atomic E-state index is 13.7. The number of carbonyl (C=O) groups is 3. The van der Waals surface area contributed by atoms with Gasteiger partial charge in [0.2, 0.25) is 5.91 Å². The number of nitro groups is 1. The lowest BCUT2D eigenvalue weighted by molar-refractivity contribution is -0.384. The predicted molar refractivity (Wildman–Crippen MR) is 194 cm³/mol. The van der Waals surface area contributed by atoms with E-state index in [1.807, 2.05) is 0 Å². The van der Waals surface area contributed by atoms with Gasteiger partial charge in [-0.25, -0.2) is 9.59 Å². The van der Waals surface area contributed by atoms with Gasteiger partial charge in [-0.15, -0.1) is 0 Å². The maximum Gasteiger partial charge on any atom is 0.356 e. The second-order valence-corrected chi connectivity index (χ2v) is 19.7. The molecule has 0 saturated carbocycles. The number of carbonyl (C=O) groups excluding carboxylic acids is 3. The van der Waals surface area contributed by atoms with E-state index in [9.17, 15) is 24.5 Å². The molecule has 2 aliphatic heterocycles. The average Bonchev–Trinajstić information content (AvgIpc) is 3.47. The van der Waals surface area contributed by atoms with Crippen LogP contribution in [0.5, 0.6) is 11.5 Å². The molecule has 0 radical (unpaired) electrons. The summed E-state index contributed by atoms with van der Waals surface area (Å²) < 4.78 is 28.3. The number of hydrogen-bond donors (Lipinski definition) is 0. The third kappa shape index (κ3) is 8.13. The molecule has 1 fully saturated rings. The van der Waals surface area contributed by atoms with Gasteiger partial charge >= 0.3 is 11.9 Å². The van der Waals surface area contributed by atoms with Crippen molar-refractivity contribution in [2.45, 2.75) is 63.9 Å². The van der Waals surface area contributed by atoms with E-state index in [0.29, 0.717) is 46.1 Å². The molecule has 51 heavy (non-hydrogen) atoms. The summed E-state index contributed by atoms with van der Waals surface area (Å²) in [5, 5.41) is 10.7. The molecule has 14 heteroatoms. The molecule has 3 aromatic rings. The summed E-state index contributed by atoms with van der Waals surface area (Å²) >= 11 is 1.38. The van der Waals surface area contributed by atoms with Gasteiger partial charge in [0.25, 0.3) is 5.69 Å². The number of fused-ring (bicyclic) bond motifs is 1. The number of nitrogens with zero attached hydrogens (tertiary/aromatic N) is 2. The third-order valence-electron chi connectivity index (χ3n) is 9.47. The Morgan fingerprint density at radius 2 is 1.65 bits per heavy atom. The molecule has 3 aromatic carbocycles. The van der Waals surface area contributed by atoms with E-state index in [2.05, 4.69) is 33.9 Å². The van der Waals surface area contributed by atoms with Gasteiger partial charge in [0.15, 0.2) is 8.32 Å². The summed E-state index contributed by atoms with van der Waals surface area (Å²) in [6.45, 7) is 11.0. The lowest BCUT2D eigenvalue weighted by Gasteiger charge is -2.43. The molecule has 0 N–H and O–H groups in total. The summed E-state index contributed by atoms with van der Waals surface area (Å²) in [5.74, 6) is -0.760. The van der Waals surface area contributed by atoms with E-state index in [0.717, 1.165) is 0 Å². The number of rotatable bonds is 14. The van der Waals surface area contributed by atoms with Crippen molar-refractivity contribution in [2.24, 2.45) is 5.92 Å². The van der Waals surface area contributed by atoms with E-state index in [-0.39, 0.29) is 52.4 Å². The van der Waals surface area contributed by atoms with Crippen LogP contribution in [0.2, 0.25) is 18.1 Å². The normalized spacial score (nSPS) is 17.1. The average molecular weight is 735 g/mol. The van der Waals surface area contributed by atoms with Crippen molar-refractivity contribution in [3.8, 4) is 11.5 Å². The topological polar surface area (TPSA) is 144 Å². The van der Waals surface area contributed by atoms with Gasteiger partial charge in [0, 0.05) is 35.3 Å². The number of thioether (sulfide) groups is 1. The Morgan fingerprint density at radius 3 is 2.29 bits per heavy atom. The van der Waals surface area contributed by atoms with Gasteiger partial charge in [-0.2, -0.15) is 0 Å². The van der Waals surface area contributed by atoms with Crippen LogP contribution in [0.4, 0.5) is 5.69 Å². The molecule has 12 nitrogen and oxygen atoms in total. The maximum absolute atomic E-state index is 13.7. The second-order valence-electron chi connectivity index (χ2n) is 13.7. The summed E-state index contributed by atoms with van der Waals surface area (Å²) in [5.41, 5.74) is 2.02. The molecule has 0 unspecified atom stereocenters. The van der Waals surface area contributed by atoms with Crippen molar-refractivity contribution in [1.82, 2.24) is 4.90 Å². The standard InChI is InChI=1S/C37H42N2O10SSi/c1-37(2,3)51(6,7)49-18-17-29-33(40)38-31(36(42)47-21-23-11-14-27(15-12-23)39(43)44)32(50-34(29)38)24-9-8-10-25(19-24)35(41)48-22-26-13-16-28(45-4)20-30(26)46-5/h8-16,19-20,29,34H,17-18,21-22H2,1-7H3/t29-,34+/m0/s1. The number of amides is 1. The molecule has 2 atom stereocenters. The van der Waals surface area contributed by atoms with E-state index in [4.69, 9.17) is 23.4 Å². The number of β-lactam (4-membered cyclic amide) rings is 1. The van der Waals surface area contributed by atoms with Gasteiger partial charge in [-0.05, 0) is 72.1 Å². The van der Waals surface area contributed by atoms with Crippen molar-refractivity contribution in [3.63, 3.8) is 0 Å². The zero-order chi connectivity index (χ0) is 37.1. The fraction of sp³-hybridized carbons (Fsp3) is 0.378. The largest absolute Gasteiger partial charge is 0.497 e. The minimum atomic E-state index is -2.03. The Balaban J connectivity index is 1.36. The smallest absolute Gasteiger partial charge is 0.356 e. The highest BCUT2D eigenvalue weighted by Crippen LogP contribution is 2.54. The van der Waals surface area contributed by atoms with Crippen LogP contribution in [0.1, 0.15) is 54.2 Å². The molecule has 270 valence electrons. The monoisotopic (exact) mass is 734 g/mol. The van der Waals surface area contributed by atoms with Gasteiger partial charge in [0.1, 0.15) is 30.4 Å². The summed E-state index contributed by atoms with van der Waals surface area (Å²) in [4.78, 5) is 53.1. The molecule has 1 saturated heterocycles. The summed E-state index contributed by atoms with van der Waals surface area (Å²) in [7, 11) is 1.04. The molecule has 0 aromatic heterocycles. The SMILES string of the molecule is COc1ccc(COC(=O)c2cccc(C3=C(C(=O)OCc4ccc([N+](=O)[O-])cc4)N4C(=O)[C@H](CCO[Si](C)(C)C(C)(C)C)[C@H]4S3)c2)c(OC)c1. The Bertz CT molecular complexity index is 1850. The fourth-order valence-corrected chi connectivity index (χ4v) is 8.01. The number of benzene rings is 3. The number of esters is 2. The first-order valence-corrected chi connectivity index (χ1v) is 20.2. The highest BCUT2D eigenvalue weighted by molar-refractivity contribution is 8.09. The van der Waals surface area contributed by atoms with Crippen molar-refractivity contribution in [1.29, 1.82) is 0 Å². The summed E-state index contributed by atoms with van der Waals surface area (Å²) in [6.07, 6.45) is 0.499. The molecule has 2 aliphatic rings. The van der Waals surface area contributed by atoms with Crippen LogP contribution < -0.4 is 9.47 Å². The van der Waals surface area contributed by atoms with E-state index in [1.54, 1.807) is 49.6 Å². The minimum absolute atomic E-state index is 0.0208. The van der Waals surface area contributed by atoms with E-state index in [1.165, 1.54) is 48.0 Å². The number of methoxy groups -OCH3 is 2. The van der Waals surface area contributed by atoms with Gasteiger partial charge < -0.3 is 23.4 Å². The van der Waals surface area contributed by atoms with Crippen molar-refractivity contribution >= 4 is 48.5 Å². The molecular weight excluding hydrogens is 693 g/mol. The Labute approximate surface area is 302 Å². The molecular formula is C37H42N2O10SSi. The Kier molecular flexibility index (Phi) is 11.3. The van der Waals surface area contributed by atoms with Crippen LogP contribution in [0, 0.1) is 16.0 Å². The van der Waals surface area contributed by atoms with Gasteiger partial charge in [-0.3, -0.25) is 19.8 Å². The zero-order valence-electron chi connectivity index (χ0n) is 29.7. The van der Waals surface area contributed by atoms with Crippen LogP contribution in [0.3, 0.4) is 0 Å². The zero-order valence-corrected chi connectivity index (χ0v) is 31.5. The quantitative estimate of drug-likeness (QED) is 0.0540. The van der Waals surface area contributed by atoms with Crippen molar-refractivity contribution in [2.75, 3.05) is 20.8 Å². The first kappa shape index (κ1) is 37.6. The minimum Gasteiger partial charge on any atom is -0.497 e. The summed E-state index contributed by atoms with van der Waals surface area (Å²) in [6, 6.07) is 17.6. The lowest BCUT2D eigenvalue weighted by Crippen LogP contribution is -2.57. The van der Waals surface area contributed by atoms with Crippen LogP contribution >= 0.6 is 11.8 Å². The third-order valence-corrected chi connectivity index (χ3v) is 15.5. The van der Waals surface area contributed by atoms with Crippen LogP contribution in [-0.4, -0.2) is 62.2 Å². The van der Waals surface area contributed by atoms with E-state index >= 15 is 0 Å².